The lowest BCUT2D eigenvalue weighted by molar-refractivity contribution is 0.370. The molecule has 0 spiro atoms. The molecule has 0 radical (unpaired) electrons. The topological polar surface area (TPSA) is 30.5 Å². The first-order valence-electron chi connectivity index (χ1n) is 7.86. The van der Waals surface area contributed by atoms with Crippen molar-refractivity contribution in [3.63, 3.8) is 0 Å². The number of methoxy groups -OCH3 is 2. The van der Waals surface area contributed by atoms with Gasteiger partial charge in [0.05, 0.1) is 18.7 Å². The predicted molar refractivity (Wildman–Crippen MR) is 88.0 cm³/mol. The molecule has 0 amide bonds. The third-order valence-electron chi connectivity index (χ3n) is 5.12. The van der Waals surface area contributed by atoms with Crippen molar-refractivity contribution >= 4 is 15.9 Å². The summed E-state index contributed by atoms with van der Waals surface area (Å²) < 4.78 is 12.0. The molecule has 1 N–H and O–H groups in total. The van der Waals surface area contributed by atoms with Crippen LogP contribution in [0.15, 0.2) is 16.6 Å². The molecule has 2 aliphatic rings. The predicted octanol–water partition coefficient (Wildman–Crippen LogP) is 4.16. The molecular formula is C17H24BrNO2. The second-order valence-electron chi connectivity index (χ2n) is 6.10. The average molecular weight is 354 g/mol. The Hall–Kier alpha value is -0.740. The third-order valence-corrected chi connectivity index (χ3v) is 5.74. The molecule has 0 bridgehead atoms. The number of rotatable bonds is 6. The fraction of sp³-hybridized carbons (Fsp3) is 0.647. The number of hydrogen-bond donors (Lipinski definition) is 1. The standard InChI is InChI=1S/C17H24BrNO2/c1-4-19-17(16-10-6-5-7-11(10)16)12-8-15(21-3)13(18)9-14(12)20-2/h8-11,16-17,19H,4-7H2,1-3H3. The summed E-state index contributed by atoms with van der Waals surface area (Å²) in [5, 5.41) is 3.68. The first-order valence-corrected chi connectivity index (χ1v) is 8.65. The summed E-state index contributed by atoms with van der Waals surface area (Å²) in [6.07, 6.45) is 4.20. The van der Waals surface area contributed by atoms with Gasteiger partial charge in [-0.1, -0.05) is 13.3 Å². The maximum atomic E-state index is 5.63. The van der Waals surface area contributed by atoms with E-state index in [1.165, 1.54) is 24.8 Å². The lowest BCUT2D eigenvalue weighted by Crippen LogP contribution is -2.25. The van der Waals surface area contributed by atoms with E-state index in [2.05, 4.69) is 34.2 Å². The zero-order valence-electron chi connectivity index (χ0n) is 13.0. The highest BCUT2D eigenvalue weighted by Crippen LogP contribution is 2.63. The largest absolute Gasteiger partial charge is 0.496 e. The van der Waals surface area contributed by atoms with E-state index in [4.69, 9.17) is 9.47 Å². The fourth-order valence-electron chi connectivity index (χ4n) is 4.17. The van der Waals surface area contributed by atoms with Gasteiger partial charge >= 0.3 is 0 Å². The molecule has 3 atom stereocenters. The molecule has 1 aromatic carbocycles. The summed E-state index contributed by atoms with van der Waals surface area (Å²) in [5.74, 6) is 4.40. The van der Waals surface area contributed by atoms with Gasteiger partial charge in [-0.25, -0.2) is 0 Å². The van der Waals surface area contributed by atoms with Crippen molar-refractivity contribution in [2.45, 2.75) is 32.2 Å². The highest BCUT2D eigenvalue weighted by Gasteiger charge is 2.56. The van der Waals surface area contributed by atoms with Gasteiger partial charge in [-0.3, -0.25) is 0 Å². The average Bonchev–Trinajstić information content (AvgIpc) is 2.95. The molecule has 4 heteroatoms. The van der Waals surface area contributed by atoms with Crippen LogP contribution >= 0.6 is 15.9 Å². The summed E-state index contributed by atoms with van der Waals surface area (Å²) in [6, 6.07) is 4.53. The van der Waals surface area contributed by atoms with Gasteiger partial charge in [0, 0.05) is 11.6 Å². The number of ether oxygens (including phenoxy) is 2. The molecule has 116 valence electrons. The maximum absolute atomic E-state index is 5.63. The normalized spacial score (nSPS) is 28.1. The number of hydrogen-bond acceptors (Lipinski definition) is 3. The van der Waals surface area contributed by atoms with Crippen LogP contribution in [-0.4, -0.2) is 20.8 Å². The van der Waals surface area contributed by atoms with Gasteiger partial charge in [-0.2, -0.15) is 0 Å². The van der Waals surface area contributed by atoms with Crippen LogP contribution in [0.3, 0.4) is 0 Å². The van der Waals surface area contributed by atoms with Crippen LogP contribution in [0.4, 0.5) is 0 Å². The second kappa shape index (κ2) is 6.17. The second-order valence-corrected chi connectivity index (χ2v) is 6.95. The molecule has 3 nitrogen and oxygen atoms in total. The summed E-state index contributed by atoms with van der Waals surface area (Å²) in [5.41, 5.74) is 1.24. The third kappa shape index (κ3) is 2.68. The fourth-order valence-corrected chi connectivity index (χ4v) is 4.66. The van der Waals surface area contributed by atoms with Gasteiger partial charge in [0.15, 0.2) is 0 Å². The van der Waals surface area contributed by atoms with E-state index >= 15 is 0 Å². The highest BCUT2D eigenvalue weighted by molar-refractivity contribution is 9.10. The van der Waals surface area contributed by atoms with E-state index in [1.54, 1.807) is 14.2 Å². The quantitative estimate of drug-likeness (QED) is 0.832. The molecule has 0 heterocycles. The zero-order chi connectivity index (χ0) is 15.0. The smallest absolute Gasteiger partial charge is 0.133 e. The van der Waals surface area contributed by atoms with Crippen molar-refractivity contribution in [1.29, 1.82) is 0 Å². The Labute approximate surface area is 135 Å². The Morgan fingerprint density at radius 1 is 1.19 bits per heavy atom. The summed E-state index contributed by atoms with van der Waals surface area (Å²) in [7, 11) is 3.46. The van der Waals surface area contributed by atoms with E-state index in [1.807, 2.05) is 6.07 Å². The monoisotopic (exact) mass is 353 g/mol. The Bertz CT molecular complexity index is 510. The van der Waals surface area contributed by atoms with E-state index in [9.17, 15) is 0 Å². The van der Waals surface area contributed by atoms with Gasteiger partial charge < -0.3 is 14.8 Å². The van der Waals surface area contributed by atoms with Crippen molar-refractivity contribution in [3.05, 3.63) is 22.2 Å². The van der Waals surface area contributed by atoms with Crippen LogP contribution < -0.4 is 14.8 Å². The maximum Gasteiger partial charge on any atom is 0.133 e. The van der Waals surface area contributed by atoms with Gasteiger partial charge in [-0.15, -0.1) is 0 Å². The molecule has 3 unspecified atom stereocenters. The number of fused-ring (bicyclic) bond motifs is 1. The summed E-state index contributed by atoms with van der Waals surface area (Å²) in [6.45, 7) is 3.15. The molecule has 21 heavy (non-hydrogen) atoms. The van der Waals surface area contributed by atoms with Crippen LogP contribution in [0.1, 0.15) is 37.8 Å². The SMILES string of the molecule is CCNC(c1cc(OC)c(Br)cc1OC)C1C2CCCC21. The lowest BCUT2D eigenvalue weighted by atomic mass is 9.95. The molecule has 2 aliphatic carbocycles. The lowest BCUT2D eigenvalue weighted by Gasteiger charge is -2.23. The Morgan fingerprint density at radius 3 is 2.43 bits per heavy atom. The van der Waals surface area contributed by atoms with Crippen LogP contribution in [0.2, 0.25) is 0 Å². The molecule has 0 saturated heterocycles. The van der Waals surface area contributed by atoms with Gasteiger partial charge in [-0.05, 0) is 65.2 Å². The van der Waals surface area contributed by atoms with E-state index < -0.39 is 0 Å². The van der Waals surface area contributed by atoms with Crippen LogP contribution in [0, 0.1) is 17.8 Å². The first-order chi connectivity index (χ1) is 10.2. The highest BCUT2D eigenvalue weighted by atomic mass is 79.9. The number of halogens is 1. The van der Waals surface area contributed by atoms with Crippen molar-refractivity contribution in [1.82, 2.24) is 5.32 Å². The molecule has 0 aliphatic heterocycles. The first kappa shape index (κ1) is 15.2. The van der Waals surface area contributed by atoms with Gasteiger partial charge in [0.1, 0.15) is 11.5 Å². The van der Waals surface area contributed by atoms with Crippen LogP contribution in [-0.2, 0) is 0 Å². The van der Waals surface area contributed by atoms with Gasteiger partial charge in [0.25, 0.3) is 0 Å². The summed E-state index contributed by atoms with van der Waals surface area (Å²) >= 11 is 3.55. The van der Waals surface area contributed by atoms with Crippen LogP contribution in [0.5, 0.6) is 11.5 Å². The van der Waals surface area contributed by atoms with Crippen molar-refractivity contribution in [3.8, 4) is 11.5 Å². The summed E-state index contributed by atoms with van der Waals surface area (Å²) in [4.78, 5) is 0. The van der Waals surface area contributed by atoms with E-state index in [0.29, 0.717) is 6.04 Å². The number of nitrogens with one attached hydrogen (secondary N) is 1. The minimum Gasteiger partial charge on any atom is -0.496 e. The molecule has 2 saturated carbocycles. The Balaban J connectivity index is 1.94. The minimum atomic E-state index is 0.377. The number of benzene rings is 1. The zero-order valence-corrected chi connectivity index (χ0v) is 14.6. The minimum absolute atomic E-state index is 0.377. The van der Waals surface area contributed by atoms with Crippen molar-refractivity contribution in [2.24, 2.45) is 17.8 Å². The van der Waals surface area contributed by atoms with E-state index in [0.717, 1.165) is 40.3 Å². The van der Waals surface area contributed by atoms with Crippen molar-refractivity contribution < 1.29 is 9.47 Å². The molecule has 3 rings (SSSR count). The van der Waals surface area contributed by atoms with E-state index in [-0.39, 0.29) is 0 Å². The molecule has 2 fully saturated rings. The molecular weight excluding hydrogens is 330 g/mol. The van der Waals surface area contributed by atoms with Gasteiger partial charge in [0.2, 0.25) is 0 Å². The Morgan fingerprint density at radius 2 is 1.86 bits per heavy atom. The molecule has 1 aromatic rings. The van der Waals surface area contributed by atoms with Crippen molar-refractivity contribution in [2.75, 3.05) is 20.8 Å². The van der Waals surface area contributed by atoms with Crippen LogP contribution in [0.25, 0.3) is 0 Å². The Kier molecular flexibility index (Phi) is 4.46. The molecule has 0 aromatic heterocycles.